The van der Waals surface area contributed by atoms with Gasteiger partial charge < -0.3 is 5.32 Å². The van der Waals surface area contributed by atoms with Crippen LogP contribution in [0.2, 0.25) is 0 Å². The summed E-state index contributed by atoms with van der Waals surface area (Å²) in [5, 5.41) is 3.57. The van der Waals surface area contributed by atoms with E-state index in [1.807, 2.05) is 0 Å². The van der Waals surface area contributed by atoms with Crippen LogP contribution in [0.15, 0.2) is 22.7 Å². The summed E-state index contributed by atoms with van der Waals surface area (Å²) < 4.78 is 1.30. The first-order valence-electron chi connectivity index (χ1n) is 5.85. The van der Waals surface area contributed by atoms with Crippen molar-refractivity contribution in [3.05, 3.63) is 28.2 Å². The summed E-state index contributed by atoms with van der Waals surface area (Å²) in [6, 6.07) is 6.52. The summed E-state index contributed by atoms with van der Waals surface area (Å²) in [7, 11) is 0. The molecule has 1 N–H and O–H groups in total. The first kappa shape index (κ1) is 9.71. The predicted molar refractivity (Wildman–Crippen MR) is 67.4 cm³/mol. The van der Waals surface area contributed by atoms with Crippen molar-refractivity contribution in [1.29, 1.82) is 0 Å². The van der Waals surface area contributed by atoms with Crippen LogP contribution in [0.25, 0.3) is 0 Å². The van der Waals surface area contributed by atoms with Crippen molar-refractivity contribution in [2.24, 2.45) is 0 Å². The standard InChI is InChI=1S/C13H16BrN/c14-10-5-4-6-11-12(10)13(9-15-11)7-2-1-3-8-13/h4-6,15H,1-3,7-9H2. The van der Waals surface area contributed by atoms with Crippen LogP contribution in [-0.2, 0) is 5.41 Å². The fourth-order valence-corrected chi connectivity index (χ4v) is 4.01. The molecule has 2 aliphatic rings. The number of halogens is 1. The van der Waals surface area contributed by atoms with E-state index < -0.39 is 0 Å². The molecule has 0 aromatic heterocycles. The highest BCUT2D eigenvalue weighted by Gasteiger charge is 2.40. The Bertz CT molecular complexity index is 375. The molecular weight excluding hydrogens is 250 g/mol. The molecule has 2 heteroatoms. The smallest absolute Gasteiger partial charge is 0.0390 e. The number of benzene rings is 1. The fourth-order valence-electron chi connectivity index (χ4n) is 3.22. The molecule has 0 amide bonds. The van der Waals surface area contributed by atoms with Crippen LogP contribution in [0.4, 0.5) is 5.69 Å². The minimum absolute atomic E-state index is 0.438. The van der Waals surface area contributed by atoms with Gasteiger partial charge in [-0.25, -0.2) is 0 Å². The first-order chi connectivity index (χ1) is 7.32. The summed E-state index contributed by atoms with van der Waals surface area (Å²) in [5.74, 6) is 0. The number of anilines is 1. The zero-order valence-corrected chi connectivity index (χ0v) is 10.4. The number of fused-ring (bicyclic) bond motifs is 2. The average molecular weight is 266 g/mol. The van der Waals surface area contributed by atoms with Gasteiger partial charge in [-0.15, -0.1) is 0 Å². The molecule has 0 radical (unpaired) electrons. The van der Waals surface area contributed by atoms with E-state index in [-0.39, 0.29) is 0 Å². The molecule has 1 fully saturated rings. The minimum atomic E-state index is 0.438. The first-order valence-corrected chi connectivity index (χ1v) is 6.64. The summed E-state index contributed by atoms with van der Waals surface area (Å²) in [5.41, 5.74) is 3.34. The molecule has 1 aromatic carbocycles. The highest BCUT2D eigenvalue weighted by Crippen LogP contribution is 2.49. The molecule has 1 aliphatic heterocycles. The van der Waals surface area contributed by atoms with E-state index in [9.17, 15) is 0 Å². The molecule has 1 nitrogen and oxygen atoms in total. The Morgan fingerprint density at radius 3 is 2.73 bits per heavy atom. The van der Waals surface area contributed by atoms with E-state index >= 15 is 0 Å². The van der Waals surface area contributed by atoms with Crippen LogP contribution in [-0.4, -0.2) is 6.54 Å². The third-order valence-electron chi connectivity index (χ3n) is 3.97. The fraction of sp³-hybridized carbons (Fsp3) is 0.538. The molecule has 0 atom stereocenters. The summed E-state index contributed by atoms with van der Waals surface area (Å²) in [6.07, 6.45) is 6.91. The van der Waals surface area contributed by atoms with Crippen molar-refractivity contribution in [3.8, 4) is 0 Å². The largest absolute Gasteiger partial charge is 0.384 e. The van der Waals surface area contributed by atoms with Gasteiger partial charge >= 0.3 is 0 Å². The molecule has 3 rings (SSSR count). The number of hydrogen-bond acceptors (Lipinski definition) is 1. The summed E-state index contributed by atoms with van der Waals surface area (Å²) >= 11 is 3.72. The van der Waals surface area contributed by atoms with E-state index in [1.54, 1.807) is 5.56 Å². The van der Waals surface area contributed by atoms with Crippen molar-refractivity contribution in [3.63, 3.8) is 0 Å². The second kappa shape index (κ2) is 3.51. The van der Waals surface area contributed by atoms with Crippen LogP contribution in [0.5, 0.6) is 0 Å². The molecule has 0 saturated heterocycles. The monoisotopic (exact) mass is 265 g/mol. The van der Waals surface area contributed by atoms with E-state index in [0.717, 1.165) is 6.54 Å². The summed E-state index contributed by atoms with van der Waals surface area (Å²) in [4.78, 5) is 0. The molecule has 1 aliphatic carbocycles. The Balaban J connectivity index is 2.09. The minimum Gasteiger partial charge on any atom is -0.384 e. The van der Waals surface area contributed by atoms with Gasteiger partial charge in [-0.05, 0) is 30.5 Å². The average Bonchev–Trinajstić information content (AvgIpc) is 2.60. The zero-order chi connectivity index (χ0) is 10.3. The van der Waals surface area contributed by atoms with Gasteiger partial charge in [0.25, 0.3) is 0 Å². The number of rotatable bonds is 0. The Morgan fingerprint density at radius 1 is 1.13 bits per heavy atom. The highest BCUT2D eigenvalue weighted by molar-refractivity contribution is 9.10. The third kappa shape index (κ3) is 1.42. The number of hydrogen-bond donors (Lipinski definition) is 1. The van der Waals surface area contributed by atoms with Gasteiger partial charge in [0.2, 0.25) is 0 Å². The molecule has 1 heterocycles. The maximum absolute atomic E-state index is 3.72. The van der Waals surface area contributed by atoms with Crippen LogP contribution in [0.3, 0.4) is 0 Å². The second-order valence-corrected chi connectivity index (χ2v) is 5.71. The van der Waals surface area contributed by atoms with Crippen LogP contribution >= 0.6 is 15.9 Å². The quantitative estimate of drug-likeness (QED) is 0.746. The molecule has 1 saturated carbocycles. The van der Waals surface area contributed by atoms with Crippen LogP contribution < -0.4 is 5.32 Å². The second-order valence-electron chi connectivity index (χ2n) is 4.86. The molecule has 0 bridgehead atoms. The maximum atomic E-state index is 3.72. The molecule has 0 unspecified atom stereocenters. The third-order valence-corrected chi connectivity index (χ3v) is 4.63. The van der Waals surface area contributed by atoms with E-state index in [0.29, 0.717) is 5.41 Å². The molecular formula is C13H16BrN. The Morgan fingerprint density at radius 2 is 1.93 bits per heavy atom. The van der Waals surface area contributed by atoms with Gasteiger partial charge in [0.05, 0.1) is 0 Å². The topological polar surface area (TPSA) is 12.0 Å². The van der Waals surface area contributed by atoms with E-state index in [4.69, 9.17) is 0 Å². The molecule has 80 valence electrons. The van der Waals surface area contributed by atoms with Gasteiger partial charge in [-0.1, -0.05) is 41.3 Å². The Labute approximate surface area is 99.4 Å². The summed E-state index contributed by atoms with van der Waals surface area (Å²) in [6.45, 7) is 1.14. The maximum Gasteiger partial charge on any atom is 0.0390 e. The lowest BCUT2D eigenvalue weighted by atomic mass is 9.71. The molecule has 15 heavy (non-hydrogen) atoms. The van der Waals surface area contributed by atoms with Gasteiger partial charge in [0, 0.05) is 22.1 Å². The van der Waals surface area contributed by atoms with Gasteiger partial charge in [-0.2, -0.15) is 0 Å². The van der Waals surface area contributed by atoms with Gasteiger partial charge in [0.1, 0.15) is 0 Å². The van der Waals surface area contributed by atoms with Crippen LogP contribution in [0.1, 0.15) is 37.7 Å². The lowest BCUT2D eigenvalue weighted by Gasteiger charge is -2.34. The highest BCUT2D eigenvalue weighted by atomic mass is 79.9. The Kier molecular flexibility index (Phi) is 2.27. The zero-order valence-electron chi connectivity index (χ0n) is 8.85. The van der Waals surface area contributed by atoms with Crippen molar-refractivity contribution in [1.82, 2.24) is 0 Å². The van der Waals surface area contributed by atoms with Crippen molar-refractivity contribution in [2.45, 2.75) is 37.5 Å². The van der Waals surface area contributed by atoms with E-state index in [1.165, 1.54) is 42.3 Å². The predicted octanol–water partition coefficient (Wildman–Crippen LogP) is 4.08. The van der Waals surface area contributed by atoms with Crippen LogP contribution in [0, 0.1) is 0 Å². The molecule has 1 spiro atoms. The Hall–Kier alpha value is -0.500. The van der Waals surface area contributed by atoms with Gasteiger partial charge in [-0.3, -0.25) is 0 Å². The van der Waals surface area contributed by atoms with Crippen molar-refractivity contribution >= 4 is 21.6 Å². The van der Waals surface area contributed by atoms with Crippen molar-refractivity contribution in [2.75, 3.05) is 11.9 Å². The van der Waals surface area contributed by atoms with E-state index in [2.05, 4.69) is 39.4 Å². The van der Waals surface area contributed by atoms with Gasteiger partial charge in [0.15, 0.2) is 0 Å². The number of nitrogens with one attached hydrogen (secondary N) is 1. The molecule has 1 aromatic rings. The SMILES string of the molecule is Brc1cccc2c1C1(CCCCC1)CN2. The normalized spacial score (nSPS) is 22.5. The lowest BCUT2D eigenvalue weighted by Crippen LogP contribution is -2.31. The lowest BCUT2D eigenvalue weighted by molar-refractivity contribution is 0.318. The van der Waals surface area contributed by atoms with Crippen molar-refractivity contribution < 1.29 is 0 Å².